The van der Waals surface area contributed by atoms with Gasteiger partial charge in [-0.15, -0.1) is 0 Å². The Morgan fingerprint density at radius 1 is 1.11 bits per heavy atom. The fraction of sp³-hybridized carbons (Fsp3) is 0.625. The van der Waals surface area contributed by atoms with Gasteiger partial charge >= 0.3 is 0 Å². The quantitative estimate of drug-likeness (QED) is 0.803. The van der Waals surface area contributed by atoms with Crippen molar-refractivity contribution in [1.29, 1.82) is 0 Å². The summed E-state index contributed by atoms with van der Waals surface area (Å²) in [6.45, 7) is 12.8. The Kier molecular flexibility index (Phi) is 3.48. The minimum atomic E-state index is -2.43. The van der Waals surface area contributed by atoms with Crippen molar-refractivity contribution in [3.05, 3.63) is 35.9 Å². The van der Waals surface area contributed by atoms with Crippen molar-refractivity contribution < 1.29 is 4.57 Å². The van der Waals surface area contributed by atoms with Gasteiger partial charge in [-0.1, -0.05) is 65.0 Å². The molecule has 1 saturated heterocycles. The molecule has 1 heterocycles. The molecule has 0 unspecified atom stereocenters. The van der Waals surface area contributed by atoms with Crippen molar-refractivity contribution in [3.63, 3.8) is 0 Å². The van der Waals surface area contributed by atoms with Gasteiger partial charge in [0.2, 0.25) is 0 Å². The molecule has 1 atom stereocenters. The smallest absolute Gasteiger partial charge is 0.159 e. The summed E-state index contributed by atoms with van der Waals surface area (Å²) in [6, 6.07) is 10.4. The van der Waals surface area contributed by atoms with E-state index in [9.17, 15) is 4.57 Å². The standard InChI is InChI=1S/C16H26NOP/c1-12(14-10-8-7-9-11-14)17-19(18)15(3,4)13(2)16(19,5)6/h7-13H,1-6H3,(H,17,18)/t12-,13?,19?/m1/s1. The van der Waals surface area contributed by atoms with Crippen LogP contribution in [0.15, 0.2) is 30.3 Å². The summed E-state index contributed by atoms with van der Waals surface area (Å²) in [5.41, 5.74) is 1.20. The fourth-order valence-electron chi connectivity index (χ4n) is 3.51. The van der Waals surface area contributed by atoms with Crippen LogP contribution in [0.25, 0.3) is 0 Å². The second-order valence-electron chi connectivity index (χ2n) is 6.90. The zero-order valence-corrected chi connectivity index (χ0v) is 13.8. The van der Waals surface area contributed by atoms with E-state index in [1.807, 2.05) is 18.2 Å². The predicted octanol–water partition coefficient (Wildman–Crippen LogP) is 4.82. The molecule has 2 rings (SSSR count). The normalized spacial score (nSPS) is 33.5. The van der Waals surface area contributed by atoms with E-state index < -0.39 is 7.29 Å². The highest BCUT2D eigenvalue weighted by molar-refractivity contribution is 7.66. The topological polar surface area (TPSA) is 29.1 Å². The van der Waals surface area contributed by atoms with E-state index in [1.54, 1.807) is 0 Å². The average Bonchev–Trinajstić information content (AvgIpc) is 2.37. The Bertz CT molecular complexity index is 487. The lowest BCUT2D eigenvalue weighted by Crippen LogP contribution is -2.61. The minimum Gasteiger partial charge on any atom is -0.306 e. The maximum absolute atomic E-state index is 13.5. The van der Waals surface area contributed by atoms with Crippen molar-refractivity contribution in [1.82, 2.24) is 5.09 Å². The van der Waals surface area contributed by atoms with E-state index in [4.69, 9.17) is 0 Å². The zero-order chi connectivity index (χ0) is 14.5. The van der Waals surface area contributed by atoms with Gasteiger partial charge in [-0.2, -0.15) is 0 Å². The molecule has 0 aromatic heterocycles. The van der Waals surface area contributed by atoms with E-state index in [0.717, 1.165) is 0 Å². The largest absolute Gasteiger partial charge is 0.306 e. The molecule has 1 aliphatic rings. The number of nitrogens with one attached hydrogen (secondary N) is 1. The van der Waals surface area contributed by atoms with Crippen molar-refractivity contribution in [2.45, 2.75) is 57.9 Å². The lowest BCUT2D eigenvalue weighted by Gasteiger charge is -2.63. The average molecular weight is 279 g/mol. The molecule has 0 amide bonds. The van der Waals surface area contributed by atoms with Gasteiger partial charge in [0.1, 0.15) is 0 Å². The SMILES string of the molecule is CC1C(C)(C)P(=O)(N[C@H](C)c2ccccc2)C1(C)C. The molecule has 0 bridgehead atoms. The van der Waals surface area contributed by atoms with Gasteiger partial charge < -0.3 is 4.57 Å². The Balaban J connectivity index is 2.26. The van der Waals surface area contributed by atoms with Gasteiger partial charge in [-0.3, -0.25) is 5.09 Å². The van der Waals surface area contributed by atoms with Crippen molar-refractivity contribution in [2.75, 3.05) is 0 Å². The monoisotopic (exact) mass is 279 g/mol. The molecule has 0 radical (unpaired) electrons. The number of hydrogen-bond acceptors (Lipinski definition) is 1. The van der Waals surface area contributed by atoms with Crippen LogP contribution in [0.2, 0.25) is 0 Å². The first-order valence-corrected chi connectivity index (χ1v) is 8.78. The predicted molar refractivity (Wildman–Crippen MR) is 82.9 cm³/mol. The van der Waals surface area contributed by atoms with Gasteiger partial charge in [-0.05, 0) is 18.4 Å². The van der Waals surface area contributed by atoms with E-state index >= 15 is 0 Å². The van der Waals surface area contributed by atoms with Gasteiger partial charge in [-0.25, -0.2) is 0 Å². The molecule has 19 heavy (non-hydrogen) atoms. The molecule has 0 saturated carbocycles. The summed E-state index contributed by atoms with van der Waals surface area (Å²) in [5, 5.41) is 3.22. The number of rotatable bonds is 3. The van der Waals surface area contributed by atoms with Crippen LogP contribution < -0.4 is 5.09 Å². The highest BCUT2D eigenvalue weighted by Gasteiger charge is 2.68. The van der Waals surface area contributed by atoms with Crippen LogP contribution in [0.5, 0.6) is 0 Å². The summed E-state index contributed by atoms with van der Waals surface area (Å²) in [7, 11) is -2.43. The highest BCUT2D eigenvalue weighted by atomic mass is 31.2. The summed E-state index contributed by atoms with van der Waals surface area (Å²) >= 11 is 0. The fourth-order valence-corrected chi connectivity index (χ4v) is 7.89. The molecule has 0 spiro atoms. The summed E-state index contributed by atoms with van der Waals surface area (Å²) in [6.07, 6.45) is 0. The first-order chi connectivity index (χ1) is 8.64. The Morgan fingerprint density at radius 3 is 2.05 bits per heavy atom. The third kappa shape index (κ3) is 1.92. The van der Waals surface area contributed by atoms with Crippen LogP contribution in [0.3, 0.4) is 0 Å². The lowest BCUT2D eigenvalue weighted by molar-refractivity contribution is 0.259. The molecule has 0 aliphatic carbocycles. The third-order valence-corrected chi connectivity index (χ3v) is 10.2. The molecule has 1 aromatic rings. The zero-order valence-electron chi connectivity index (χ0n) is 12.9. The summed E-state index contributed by atoms with van der Waals surface area (Å²) in [4.78, 5) is 0. The minimum absolute atomic E-state index is 0.123. The van der Waals surface area contributed by atoms with Crippen LogP contribution in [0.4, 0.5) is 0 Å². The Morgan fingerprint density at radius 2 is 1.58 bits per heavy atom. The number of hydrogen-bond donors (Lipinski definition) is 1. The van der Waals surface area contributed by atoms with Crippen molar-refractivity contribution >= 4 is 7.29 Å². The molecule has 2 nitrogen and oxygen atoms in total. The highest BCUT2D eigenvalue weighted by Crippen LogP contribution is 2.80. The maximum Gasteiger partial charge on any atom is 0.159 e. The molecule has 1 N–H and O–H groups in total. The van der Waals surface area contributed by atoms with Crippen LogP contribution >= 0.6 is 7.29 Å². The maximum atomic E-state index is 13.5. The first kappa shape index (κ1) is 14.8. The van der Waals surface area contributed by atoms with Gasteiger partial charge in [0.15, 0.2) is 7.29 Å². The van der Waals surface area contributed by atoms with Crippen LogP contribution in [0, 0.1) is 5.92 Å². The van der Waals surface area contributed by atoms with Crippen LogP contribution in [-0.4, -0.2) is 10.3 Å². The molecule has 1 aliphatic heterocycles. The second-order valence-corrected chi connectivity index (χ2v) is 10.7. The van der Waals surface area contributed by atoms with Gasteiger partial charge in [0.05, 0.1) is 0 Å². The Hall–Kier alpha value is -0.590. The molecule has 1 fully saturated rings. The molecular weight excluding hydrogens is 253 g/mol. The second kappa shape index (κ2) is 4.46. The van der Waals surface area contributed by atoms with Gasteiger partial charge in [0.25, 0.3) is 0 Å². The van der Waals surface area contributed by atoms with E-state index in [-0.39, 0.29) is 16.4 Å². The summed E-state index contributed by atoms with van der Waals surface area (Å²) < 4.78 is 13.5. The van der Waals surface area contributed by atoms with E-state index in [0.29, 0.717) is 5.92 Å². The first-order valence-electron chi connectivity index (χ1n) is 7.07. The van der Waals surface area contributed by atoms with Gasteiger partial charge in [0, 0.05) is 16.4 Å². The number of benzene rings is 1. The van der Waals surface area contributed by atoms with Crippen LogP contribution in [-0.2, 0) is 4.57 Å². The molecule has 106 valence electrons. The van der Waals surface area contributed by atoms with E-state index in [2.05, 4.69) is 58.8 Å². The van der Waals surface area contributed by atoms with Crippen LogP contribution in [0.1, 0.15) is 53.1 Å². The molecular formula is C16H26NOP. The van der Waals surface area contributed by atoms with Crippen molar-refractivity contribution in [3.8, 4) is 0 Å². The molecule has 1 aromatic carbocycles. The van der Waals surface area contributed by atoms with Crippen molar-refractivity contribution in [2.24, 2.45) is 5.92 Å². The molecule has 3 heteroatoms. The third-order valence-electron chi connectivity index (χ3n) is 5.42. The lowest BCUT2D eigenvalue weighted by atomic mass is 9.83. The summed E-state index contributed by atoms with van der Waals surface area (Å²) in [5.74, 6) is 0.460. The Labute approximate surface area is 117 Å². The van der Waals surface area contributed by atoms with E-state index in [1.165, 1.54) is 5.56 Å².